The van der Waals surface area contributed by atoms with Gasteiger partial charge in [-0.15, -0.1) is 0 Å². The first-order valence-electron chi connectivity index (χ1n) is 6.59. The zero-order chi connectivity index (χ0) is 14.1. The maximum atomic E-state index is 13.1. The van der Waals surface area contributed by atoms with Crippen molar-refractivity contribution in [3.63, 3.8) is 0 Å². The monoisotopic (exact) mass is 353 g/mol. The van der Waals surface area contributed by atoms with E-state index in [-0.39, 0.29) is 10.8 Å². The van der Waals surface area contributed by atoms with E-state index in [1.54, 1.807) is 12.1 Å². The minimum absolute atomic E-state index is 0.181. The summed E-state index contributed by atoms with van der Waals surface area (Å²) in [5.74, 6) is -0.369. The van der Waals surface area contributed by atoms with Crippen LogP contribution in [0.3, 0.4) is 0 Å². The van der Waals surface area contributed by atoms with Crippen LogP contribution < -0.4 is 5.32 Å². The molecule has 0 aliphatic heterocycles. The van der Waals surface area contributed by atoms with E-state index in [9.17, 15) is 4.39 Å². The second-order valence-electron chi connectivity index (χ2n) is 5.06. The van der Waals surface area contributed by atoms with Gasteiger partial charge in [0.1, 0.15) is 5.82 Å². The SMILES string of the molecule is Fc1ccc(CNC2CCc3cc(Br)ccc32)cc1Cl. The number of aryl methyl sites for hydroxylation is 1. The van der Waals surface area contributed by atoms with Gasteiger partial charge in [0.2, 0.25) is 0 Å². The largest absolute Gasteiger partial charge is 0.306 e. The highest BCUT2D eigenvalue weighted by Gasteiger charge is 2.21. The van der Waals surface area contributed by atoms with E-state index in [2.05, 4.69) is 39.4 Å². The van der Waals surface area contributed by atoms with Gasteiger partial charge in [-0.05, 0) is 53.8 Å². The van der Waals surface area contributed by atoms with E-state index < -0.39 is 0 Å². The summed E-state index contributed by atoms with van der Waals surface area (Å²) in [6, 6.07) is 11.7. The van der Waals surface area contributed by atoms with Crippen molar-refractivity contribution in [1.82, 2.24) is 5.32 Å². The maximum Gasteiger partial charge on any atom is 0.141 e. The van der Waals surface area contributed by atoms with Gasteiger partial charge in [0.25, 0.3) is 0 Å². The van der Waals surface area contributed by atoms with Crippen LogP contribution in [0, 0.1) is 5.82 Å². The van der Waals surface area contributed by atoms with Gasteiger partial charge in [0.05, 0.1) is 5.02 Å². The molecule has 1 nitrogen and oxygen atoms in total. The molecule has 0 saturated heterocycles. The van der Waals surface area contributed by atoms with Crippen LogP contribution in [0.4, 0.5) is 4.39 Å². The number of benzene rings is 2. The molecule has 0 radical (unpaired) electrons. The van der Waals surface area contributed by atoms with Crippen LogP contribution in [-0.2, 0) is 13.0 Å². The molecule has 0 aromatic heterocycles. The van der Waals surface area contributed by atoms with Crippen molar-refractivity contribution in [2.45, 2.75) is 25.4 Å². The highest BCUT2D eigenvalue weighted by molar-refractivity contribution is 9.10. The lowest BCUT2D eigenvalue weighted by atomic mass is 10.1. The van der Waals surface area contributed by atoms with Crippen molar-refractivity contribution in [3.05, 3.63) is 68.4 Å². The lowest BCUT2D eigenvalue weighted by molar-refractivity contribution is 0.529. The van der Waals surface area contributed by atoms with Crippen LogP contribution in [0.15, 0.2) is 40.9 Å². The summed E-state index contributed by atoms with van der Waals surface area (Å²) >= 11 is 9.30. The molecule has 0 bridgehead atoms. The molecular formula is C16H14BrClFN. The number of hydrogen-bond acceptors (Lipinski definition) is 1. The van der Waals surface area contributed by atoms with Crippen LogP contribution in [0.2, 0.25) is 5.02 Å². The van der Waals surface area contributed by atoms with Crippen LogP contribution in [0.5, 0.6) is 0 Å². The van der Waals surface area contributed by atoms with Crippen molar-refractivity contribution in [3.8, 4) is 0 Å². The minimum Gasteiger partial charge on any atom is -0.306 e. The van der Waals surface area contributed by atoms with Crippen LogP contribution in [0.25, 0.3) is 0 Å². The summed E-state index contributed by atoms with van der Waals surface area (Å²) in [5.41, 5.74) is 3.76. The average Bonchev–Trinajstić information content (AvgIpc) is 2.82. The quantitative estimate of drug-likeness (QED) is 0.816. The summed E-state index contributed by atoms with van der Waals surface area (Å²) in [6.07, 6.45) is 2.19. The third kappa shape index (κ3) is 2.90. The molecule has 2 aromatic carbocycles. The second-order valence-corrected chi connectivity index (χ2v) is 6.39. The van der Waals surface area contributed by atoms with E-state index >= 15 is 0 Å². The van der Waals surface area contributed by atoms with Gasteiger partial charge >= 0.3 is 0 Å². The Labute approximate surface area is 131 Å². The van der Waals surface area contributed by atoms with Crippen molar-refractivity contribution in [1.29, 1.82) is 0 Å². The van der Waals surface area contributed by atoms with Gasteiger partial charge in [-0.2, -0.15) is 0 Å². The molecule has 1 aliphatic carbocycles. The molecule has 0 spiro atoms. The molecule has 1 atom stereocenters. The molecule has 104 valence electrons. The average molecular weight is 355 g/mol. The zero-order valence-corrected chi connectivity index (χ0v) is 13.1. The molecule has 0 amide bonds. The molecule has 1 unspecified atom stereocenters. The molecule has 0 fully saturated rings. The minimum atomic E-state index is -0.369. The Morgan fingerprint density at radius 1 is 1.25 bits per heavy atom. The van der Waals surface area contributed by atoms with Gasteiger partial charge in [-0.1, -0.05) is 39.7 Å². The highest BCUT2D eigenvalue weighted by Crippen LogP contribution is 2.33. The maximum absolute atomic E-state index is 13.1. The Hall–Kier alpha value is -0.900. The van der Waals surface area contributed by atoms with Crippen molar-refractivity contribution >= 4 is 27.5 Å². The number of halogens is 3. The molecule has 1 aliphatic rings. The first-order chi connectivity index (χ1) is 9.63. The normalized spacial score (nSPS) is 17.2. The van der Waals surface area contributed by atoms with Gasteiger partial charge < -0.3 is 5.32 Å². The fraction of sp³-hybridized carbons (Fsp3) is 0.250. The Morgan fingerprint density at radius 2 is 2.10 bits per heavy atom. The smallest absolute Gasteiger partial charge is 0.141 e. The van der Waals surface area contributed by atoms with Gasteiger partial charge in [-0.25, -0.2) is 4.39 Å². The molecule has 3 rings (SSSR count). The number of nitrogens with one attached hydrogen (secondary N) is 1. The Kier molecular flexibility index (Phi) is 4.11. The molecule has 0 heterocycles. The molecule has 2 aromatic rings. The number of hydrogen-bond donors (Lipinski definition) is 1. The Morgan fingerprint density at radius 3 is 2.90 bits per heavy atom. The third-order valence-electron chi connectivity index (χ3n) is 3.72. The number of rotatable bonds is 3. The third-order valence-corrected chi connectivity index (χ3v) is 4.50. The first-order valence-corrected chi connectivity index (χ1v) is 7.76. The standard InChI is InChI=1S/C16H14BrClFN/c17-12-3-4-13-11(8-12)2-6-16(13)20-9-10-1-5-15(19)14(18)7-10/h1,3-5,7-8,16,20H,2,6,9H2. The van der Waals surface area contributed by atoms with E-state index in [0.717, 1.165) is 22.9 Å². The Bertz CT molecular complexity index is 644. The fourth-order valence-electron chi connectivity index (χ4n) is 2.69. The fourth-order valence-corrected chi connectivity index (χ4v) is 3.30. The van der Waals surface area contributed by atoms with Crippen LogP contribution in [-0.4, -0.2) is 0 Å². The zero-order valence-electron chi connectivity index (χ0n) is 10.8. The van der Waals surface area contributed by atoms with E-state index in [1.807, 2.05) is 0 Å². The lowest BCUT2D eigenvalue weighted by Gasteiger charge is -2.14. The molecule has 4 heteroatoms. The highest BCUT2D eigenvalue weighted by atomic mass is 79.9. The van der Waals surface area contributed by atoms with Crippen molar-refractivity contribution in [2.75, 3.05) is 0 Å². The topological polar surface area (TPSA) is 12.0 Å². The Balaban J connectivity index is 1.70. The molecule has 1 N–H and O–H groups in total. The van der Waals surface area contributed by atoms with Gasteiger partial charge in [-0.3, -0.25) is 0 Å². The first kappa shape index (κ1) is 14.1. The van der Waals surface area contributed by atoms with Crippen LogP contribution in [0.1, 0.15) is 29.2 Å². The second kappa shape index (κ2) is 5.84. The summed E-state index contributed by atoms with van der Waals surface area (Å²) in [6.45, 7) is 0.695. The summed E-state index contributed by atoms with van der Waals surface area (Å²) in [4.78, 5) is 0. The van der Waals surface area contributed by atoms with E-state index in [0.29, 0.717) is 12.6 Å². The van der Waals surface area contributed by atoms with Gasteiger partial charge in [0, 0.05) is 17.1 Å². The van der Waals surface area contributed by atoms with E-state index in [1.165, 1.54) is 17.2 Å². The summed E-state index contributed by atoms with van der Waals surface area (Å²) in [5, 5.41) is 3.70. The number of fused-ring (bicyclic) bond motifs is 1. The summed E-state index contributed by atoms with van der Waals surface area (Å²) < 4.78 is 14.2. The van der Waals surface area contributed by atoms with E-state index in [4.69, 9.17) is 11.6 Å². The molecule has 20 heavy (non-hydrogen) atoms. The van der Waals surface area contributed by atoms with Crippen molar-refractivity contribution < 1.29 is 4.39 Å². The van der Waals surface area contributed by atoms with Crippen molar-refractivity contribution in [2.24, 2.45) is 0 Å². The molecular weight excluding hydrogens is 341 g/mol. The predicted octanol–water partition coefficient (Wildman–Crippen LogP) is 5.02. The predicted molar refractivity (Wildman–Crippen MR) is 83.5 cm³/mol. The van der Waals surface area contributed by atoms with Crippen LogP contribution >= 0.6 is 27.5 Å². The molecule has 0 saturated carbocycles. The summed E-state index contributed by atoms with van der Waals surface area (Å²) in [7, 11) is 0. The van der Waals surface area contributed by atoms with Gasteiger partial charge in [0.15, 0.2) is 0 Å². The lowest BCUT2D eigenvalue weighted by Crippen LogP contribution is -2.18.